The number of nitrogens with zero attached hydrogens (tertiary/aromatic N) is 4. The third-order valence-electron chi connectivity index (χ3n) is 5.67. The van der Waals surface area contributed by atoms with Gasteiger partial charge in [0.25, 0.3) is 5.91 Å². The van der Waals surface area contributed by atoms with Crippen LogP contribution in [0.1, 0.15) is 28.9 Å². The number of fused-ring (bicyclic) bond motifs is 1. The molecule has 7 heteroatoms. The molecule has 0 spiro atoms. The summed E-state index contributed by atoms with van der Waals surface area (Å²) in [6, 6.07) is 10.4. The average Bonchev–Trinajstić information content (AvgIpc) is 3.31. The zero-order chi connectivity index (χ0) is 20.4. The molecule has 1 aromatic carbocycles. The first-order valence-electron chi connectivity index (χ1n) is 9.98. The second-order valence-corrected chi connectivity index (χ2v) is 7.76. The van der Waals surface area contributed by atoms with E-state index in [-0.39, 0.29) is 11.7 Å². The molecule has 2 N–H and O–H groups in total. The number of carbonyl (C=O) groups is 1. The van der Waals surface area contributed by atoms with Gasteiger partial charge in [-0.1, -0.05) is 12.1 Å². The molecular weight excluding hydrogens is 369 g/mol. The van der Waals surface area contributed by atoms with Crippen LogP contribution < -0.4 is 5.73 Å². The molecule has 152 valence electrons. The maximum Gasteiger partial charge on any atom is 0.274 e. The molecule has 1 atom stereocenters. The van der Waals surface area contributed by atoms with Crippen LogP contribution in [0, 0.1) is 5.82 Å². The number of hydrogen-bond donors (Lipinski definition) is 1. The van der Waals surface area contributed by atoms with Crippen molar-refractivity contribution in [3.8, 4) is 0 Å². The summed E-state index contributed by atoms with van der Waals surface area (Å²) in [5, 5.41) is 0. The molecule has 0 radical (unpaired) electrons. The van der Waals surface area contributed by atoms with E-state index in [1.807, 2.05) is 4.90 Å². The summed E-state index contributed by atoms with van der Waals surface area (Å²) in [5.41, 5.74) is 8.57. The monoisotopic (exact) mass is 395 g/mol. The van der Waals surface area contributed by atoms with Crippen LogP contribution in [0.15, 0.2) is 48.8 Å². The van der Waals surface area contributed by atoms with E-state index in [1.165, 1.54) is 12.1 Å². The predicted molar refractivity (Wildman–Crippen MR) is 111 cm³/mol. The summed E-state index contributed by atoms with van der Waals surface area (Å²) in [6.07, 6.45) is 6.39. The first-order valence-corrected chi connectivity index (χ1v) is 9.98. The fourth-order valence-corrected chi connectivity index (χ4v) is 3.93. The zero-order valence-electron chi connectivity index (χ0n) is 16.6. The van der Waals surface area contributed by atoms with E-state index < -0.39 is 0 Å². The van der Waals surface area contributed by atoms with Crippen molar-refractivity contribution in [3.63, 3.8) is 0 Å². The number of nitrogen functional groups attached to an aromatic ring is 1. The molecule has 0 aliphatic carbocycles. The minimum atomic E-state index is -0.252. The van der Waals surface area contributed by atoms with Crippen molar-refractivity contribution < 1.29 is 9.18 Å². The van der Waals surface area contributed by atoms with Crippen molar-refractivity contribution in [2.24, 2.45) is 0 Å². The van der Waals surface area contributed by atoms with Crippen molar-refractivity contribution >= 4 is 17.2 Å². The van der Waals surface area contributed by atoms with Crippen LogP contribution in [0.5, 0.6) is 0 Å². The van der Waals surface area contributed by atoms with Crippen molar-refractivity contribution in [1.82, 2.24) is 19.2 Å². The Morgan fingerprint density at radius 2 is 2.03 bits per heavy atom. The van der Waals surface area contributed by atoms with Crippen molar-refractivity contribution in [2.75, 3.05) is 32.4 Å². The number of likely N-dealkylation sites (N-methyl/N-ethyl adjacent to an activating group) is 1. The van der Waals surface area contributed by atoms with Gasteiger partial charge in [0.2, 0.25) is 0 Å². The van der Waals surface area contributed by atoms with Crippen LogP contribution in [0.2, 0.25) is 0 Å². The minimum Gasteiger partial charge on any atom is -0.398 e. The Morgan fingerprint density at radius 1 is 1.24 bits per heavy atom. The summed E-state index contributed by atoms with van der Waals surface area (Å²) in [5.74, 6) is -0.340. The Morgan fingerprint density at radius 3 is 2.76 bits per heavy atom. The lowest BCUT2D eigenvalue weighted by Crippen LogP contribution is -2.42. The normalized spacial score (nSPS) is 17.1. The highest BCUT2D eigenvalue weighted by atomic mass is 19.1. The highest BCUT2D eigenvalue weighted by Gasteiger charge is 2.27. The Labute approximate surface area is 169 Å². The molecule has 1 amide bonds. The lowest BCUT2D eigenvalue weighted by molar-refractivity contribution is 0.0712. The number of hydrogen-bond acceptors (Lipinski definition) is 4. The molecule has 1 aliphatic heterocycles. The summed E-state index contributed by atoms with van der Waals surface area (Å²) >= 11 is 0. The standard InChI is InChI=1S/C22H26FN5O/c1-26-11-2-3-19(26)14-27(12-10-16-4-6-17(23)7-5-16)22(29)20-15-28-13-18(24)8-9-21(28)25-20/h4-9,13,15,19H,2-3,10-12,14,24H2,1H3. The maximum atomic E-state index is 13.3. The topological polar surface area (TPSA) is 66.9 Å². The predicted octanol–water partition coefficient (Wildman–Crippen LogP) is 2.83. The molecule has 2 aromatic heterocycles. The zero-order valence-corrected chi connectivity index (χ0v) is 16.6. The molecule has 29 heavy (non-hydrogen) atoms. The number of benzene rings is 1. The van der Waals surface area contributed by atoms with Crippen LogP contribution in [-0.4, -0.2) is 57.8 Å². The van der Waals surface area contributed by atoms with E-state index in [2.05, 4.69) is 16.9 Å². The molecule has 1 unspecified atom stereocenters. The van der Waals surface area contributed by atoms with Gasteiger partial charge < -0.3 is 19.9 Å². The largest absolute Gasteiger partial charge is 0.398 e. The Bertz CT molecular complexity index is 1000. The van der Waals surface area contributed by atoms with Gasteiger partial charge in [-0.3, -0.25) is 4.79 Å². The Kier molecular flexibility index (Phi) is 5.49. The van der Waals surface area contributed by atoms with Crippen LogP contribution in [0.4, 0.5) is 10.1 Å². The second-order valence-electron chi connectivity index (χ2n) is 7.76. The van der Waals surface area contributed by atoms with E-state index in [4.69, 9.17) is 5.73 Å². The Balaban J connectivity index is 1.55. The lowest BCUT2D eigenvalue weighted by atomic mass is 10.1. The summed E-state index contributed by atoms with van der Waals surface area (Å²) in [7, 11) is 2.11. The van der Waals surface area contributed by atoms with E-state index >= 15 is 0 Å². The van der Waals surface area contributed by atoms with Gasteiger partial charge in [0, 0.05) is 37.2 Å². The highest BCUT2D eigenvalue weighted by Crippen LogP contribution is 2.18. The van der Waals surface area contributed by atoms with Gasteiger partial charge in [-0.05, 0) is 62.7 Å². The molecule has 1 saturated heterocycles. The van der Waals surface area contributed by atoms with E-state index in [0.717, 1.165) is 24.9 Å². The third-order valence-corrected chi connectivity index (χ3v) is 5.67. The number of halogens is 1. The van der Waals surface area contributed by atoms with Gasteiger partial charge in [-0.25, -0.2) is 9.37 Å². The fraction of sp³-hybridized carbons (Fsp3) is 0.364. The molecule has 3 aromatic rings. The van der Waals surface area contributed by atoms with Crippen LogP contribution in [0.3, 0.4) is 0 Å². The molecule has 3 heterocycles. The molecule has 1 aliphatic rings. The van der Waals surface area contributed by atoms with Gasteiger partial charge in [-0.2, -0.15) is 0 Å². The van der Waals surface area contributed by atoms with Crippen molar-refractivity contribution in [2.45, 2.75) is 25.3 Å². The number of likely N-dealkylation sites (tertiary alicyclic amines) is 1. The SMILES string of the molecule is CN1CCCC1CN(CCc1ccc(F)cc1)C(=O)c1cn2cc(N)ccc2n1. The first-order chi connectivity index (χ1) is 14.0. The summed E-state index contributed by atoms with van der Waals surface area (Å²) in [4.78, 5) is 22.0. The number of amides is 1. The molecule has 0 saturated carbocycles. The first kappa shape index (κ1) is 19.4. The number of imidazole rings is 1. The van der Waals surface area contributed by atoms with Crippen LogP contribution in [-0.2, 0) is 6.42 Å². The van der Waals surface area contributed by atoms with Crippen molar-refractivity contribution in [3.05, 3.63) is 65.9 Å². The molecule has 4 rings (SSSR count). The maximum absolute atomic E-state index is 13.3. The number of nitrogens with two attached hydrogens (primary N) is 1. The average molecular weight is 395 g/mol. The summed E-state index contributed by atoms with van der Waals surface area (Å²) in [6.45, 7) is 2.27. The highest BCUT2D eigenvalue weighted by molar-refractivity contribution is 5.93. The smallest absolute Gasteiger partial charge is 0.274 e. The number of pyridine rings is 1. The number of anilines is 1. The number of rotatable bonds is 6. The number of carbonyl (C=O) groups excluding carboxylic acids is 1. The molecule has 6 nitrogen and oxygen atoms in total. The van der Waals surface area contributed by atoms with Gasteiger partial charge in [-0.15, -0.1) is 0 Å². The molecule has 0 bridgehead atoms. The van der Waals surface area contributed by atoms with Crippen LogP contribution >= 0.6 is 0 Å². The summed E-state index contributed by atoms with van der Waals surface area (Å²) < 4.78 is 15.0. The Hall–Kier alpha value is -2.93. The second kappa shape index (κ2) is 8.21. The lowest BCUT2D eigenvalue weighted by Gasteiger charge is -2.28. The number of aromatic nitrogens is 2. The van der Waals surface area contributed by atoms with Gasteiger partial charge >= 0.3 is 0 Å². The van der Waals surface area contributed by atoms with Crippen molar-refractivity contribution in [1.29, 1.82) is 0 Å². The third kappa shape index (κ3) is 4.40. The molecule has 1 fully saturated rings. The van der Waals surface area contributed by atoms with E-state index in [1.54, 1.807) is 41.1 Å². The fourth-order valence-electron chi connectivity index (χ4n) is 3.93. The van der Waals surface area contributed by atoms with E-state index in [9.17, 15) is 9.18 Å². The van der Waals surface area contributed by atoms with E-state index in [0.29, 0.717) is 42.6 Å². The van der Waals surface area contributed by atoms with Gasteiger partial charge in [0.1, 0.15) is 17.2 Å². The quantitative estimate of drug-likeness (QED) is 0.697. The molecular formula is C22H26FN5O. The minimum absolute atomic E-state index is 0.0883. The van der Waals surface area contributed by atoms with Gasteiger partial charge in [0.15, 0.2) is 0 Å². The van der Waals surface area contributed by atoms with Crippen LogP contribution in [0.25, 0.3) is 5.65 Å². The van der Waals surface area contributed by atoms with Gasteiger partial charge in [0.05, 0.1) is 0 Å².